The molecule has 0 bridgehead atoms. The Morgan fingerprint density at radius 1 is 1.36 bits per heavy atom. The van der Waals surface area contributed by atoms with Crippen LogP contribution in [0.2, 0.25) is 0 Å². The number of aliphatic hydroxyl groups is 1. The Hall–Kier alpha value is -2.38. The van der Waals surface area contributed by atoms with Crippen LogP contribution in [0.15, 0.2) is 29.6 Å². The zero-order valence-corrected chi connectivity index (χ0v) is 15.1. The number of aliphatic hydroxyl groups excluding tert-OH is 1. The molecule has 25 heavy (non-hydrogen) atoms. The topological polar surface area (TPSA) is 98.2 Å². The number of hydrogen-bond acceptors (Lipinski definition) is 5. The number of carbonyl (C=O) groups excluding carboxylic acids is 1. The summed E-state index contributed by atoms with van der Waals surface area (Å²) >= 11 is 1.52. The van der Waals surface area contributed by atoms with Gasteiger partial charge < -0.3 is 20.5 Å². The van der Waals surface area contributed by atoms with Gasteiger partial charge in [0, 0.05) is 0 Å². The third-order valence-electron chi connectivity index (χ3n) is 4.16. The van der Waals surface area contributed by atoms with Gasteiger partial charge in [0.15, 0.2) is 0 Å². The van der Waals surface area contributed by atoms with E-state index in [-0.39, 0.29) is 29.7 Å². The first-order valence-corrected chi connectivity index (χ1v) is 8.86. The summed E-state index contributed by atoms with van der Waals surface area (Å²) in [6, 6.07) is 6.46. The number of H-pyrrole nitrogens is 1. The number of phenols is 1. The predicted molar refractivity (Wildman–Crippen MR) is 98.9 cm³/mol. The molecule has 0 saturated carbocycles. The van der Waals surface area contributed by atoms with E-state index in [1.54, 1.807) is 6.07 Å². The van der Waals surface area contributed by atoms with Crippen LogP contribution < -0.4 is 5.32 Å². The minimum absolute atomic E-state index is 0.0383. The van der Waals surface area contributed by atoms with Gasteiger partial charge in [-0.15, -0.1) is 11.3 Å². The minimum Gasteiger partial charge on any atom is -0.506 e. The first kappa shape index (κ1) is 17.4. The van der Waals surface area contributed by atoms with Crippen LogP contribution in [-0.2, 0) is 0 Å². The van der Waals surface area contributed by atoms with Gasteiger partial charge in [-0.3, -0.25) is 4.79 Å². The summed E-state index contributed by atoms with van der Waals surface area (Å²) < 4.78 is 0. The average Bonchev–Trinajstić information content (AvgIpc) is 3.20. The molecule has 3 rings (SSSR count). The van der Waals surface area contributed by atoms with Crippen molar-refractivity contribution in [2.75, 3.05) is 6.61 Å². The number of hydrogen-bond donors (Lipinski definition) is 4. The van der Waals surface area contributed by atoms with Gasteiger partial charge in [0.1, 0.15) is 22.6 Å². The Morgan fingerprint density at radius 2 is 2.12 bits per heavy atom. The molecule has 0 fully saturated rings. The van der Waals surface area contributed by atoms with E-state index in [4.69, 9.17) is 0 Å². The molecule has 0 saturated heterocycles. The van der Waals surface area contributed by atoms with Crippen LogP contribution in [-0.4, -0.2) is 38.7 Å². The number of nitrogens with one attached hydrogen (secondary N) is 2. The van der Waals surface area contributed by atoms with E-state index in [0.717, 1.165) is 4.88 Å². The molecule has 0 spiro atoms. The number of rotatable bonds is 4. The lowest BCUT2D eigenvalue weighted by Crippen LogP contribution is -2.46. The summed E-state index contributed by atoms with van der Waals surface area (Å²) in [5.74, 6) is 0.315. The second kappa shape index (κ2) is 6.50. The van der Waals surface area contributed by atoms with Gasteiger partial charge in [-0.25, -0.2) is 4.98 Å². The zero-order valence-electron chi connectivity index (χ0n) is 14.3. The number of thiophene rings is 1. The minimum atomic E-state index is -0.389. The predicted octanol–water partition coefficient (Wildman–Crippen LogP) is 3.13. The van der Waals surface area contributed by atoms with Gasteiger partial charge in [-0.1, -0.05) is 26.8 Å². The number of aromatic nitrogens is 2. The van der Waals surface area contributed by atoms with Crippen molar-refractivity contribution in [3.8, 4) is 16.5 Å². The summed E-state index contributed by atoms with van der Waals surface area (Å²) in [5.41, 5.74) is 0.905. The average molecular weight is 359 g/mol. The smallest absolute Gasteiger partial charge is 0.253 e. The van der Waals surface area contributed by atoms with Crippen LogP contribution in [0.1, 0.15) is 31.1 Å². The lowest BCUT2D eigenvalue weighted by atomic mass is 9.87. The number of nitrogens with zero attached hydrogens (tertiary/aromatic N) is 1. The van der Waals surface area contributed by atoms with Crippen molar-refractivity contribution in [2.45, 2.75) is 26.8 Å². The third-order valence-corrected chi connectivity index (χ3v) is 5.03. The highest BCUT2D eigenvalue weighted by Gasteiger charge is 2.27. The maximum Gasteiger partial charge on any atom is 0.253 e. The van der Waals surface area contributed by atoms with Gasteiger partial charge in [0.05, 0.1) is 23.1 Å². The van der Waals surface area contributed by atoms with Crippen molar-refractivity contribution in [1.82, 2.24) is 15.3 Å². The molecule has 0 aliphatic carbocycles. The lowest BCUT2D eigenvalue weighted by molar-refractivity contribution is 0.0849. The monoisotopic (exact) mass is 359 g/mol. The summed E-state index contributed by atoms with van der Waals surface area (Å²) in [6.07, 6.45) is 0. The molecule has 1 unspecified atom stereocenters. The van der Waals surface area contributed by atoms with Crippen LogP contribution in [0.4, 0.5) is 0 Å². The number of benzene rings is 1. The summed E-state index contributed by atoms with van der Waals surface area (Å²) in [7, 11) is 0. The number of aromatic hydroxyl groups is 1. The second-order valence-corrected chi connectivity index (χ2v) is 7.94. The zero-order chi connectivity index (χ0) is 18.2. The first-order chi connectivity index (χ1) is 11.8. The molecule has 1 aromatic carbocycles. The van der Waals surface area contributed by atoms with E-state index in [2.05, 4.69) is 15.3 Å². The maximum absolute atomic E-state index is 12.7. The van der Waals surface area contributed by atoms with Gasteiger partial charge in [0.2, 0.25) is 0 Å². The van der Waals surface area contributed by atoms with Crippen molar-refractivity contribution in [1.29, 1.82) is 0 Å². The molecule has 7 heteroatoms. The van der Waals surface area contributed by atoms with Crippen LogP contribution in [0, 0.1) is 5.41 Å². The Balaban J connectivity index is 2.01. The SMILES string of the molecule is CC(C)(C)C(CO)NC(=O)c1ccc(O)c2[nH]c(-c3cccs3)nc12. The Bertz CT molecular complexity index is 894. The van der Waals surface area contributed by atoms with E-state index < -0.39 is 0 Å². The van der Waals surface area contributed by atoms with E-state index in [1.807, 2.05) is 38.3 Å². The molecule has 3 aromatic rings. The Morgan fingerprint density at radius 3 is 2.72 bits per heavy atom. The number of phenolic OH excluding ortho intramolecular Hbond substituents is 1. The second-order valence-electron chi connectivity index (χ2n) is 6.99. The highest BCUT2D eigenvalue weighted by Crippen LogP contribution is 2.31. The van der Waals surface area contributed by atoms with Crippen LogP contribution in [0.3, 0.4) is 0 Å². The largest absolute Gasteiger partial charge is 0.506 e. The fraction of sp³-hybridized carbons (Fsp3) is 0.333. The highest BCUT2D eigenvalue weighted by atomic mass is 32.1. The molecule has 0 aliphatic rings. The normalized spacial score (nSPS) is 13.1. The van der Waals surface area contributed by atoms with Crippen molar-refractivity contribution in [3.63, 3.8) is 0 Å². The van der Waals surface area contributed by atoms with Crippen molar-refractivity contribution < 1.29 is 15.0 Å². The molecule has 2 aromatic heterocycles. The lowest BCUT2D eigenvalue weighted by Gasteiger charge is -2.29. The molecule has 1 atom stereocenters. The molecule has 132 valence electrons. The van der Waals surface area contributed by atoms with Gasteiger partial charge in [-0.05, 0) is 29.0 Å². The summed E-state index contributed by atoms with van der Waals surface area (Å²) in [6.45, 7) is 5.69. The molecule has 2 heterocycles. The number of fused-ring (bicyclic) bond motifs is 1. The van der Waals surface area contributed by atoms with Gasteiger partial charge in [0.25, 0.3) is 5.91 Å². The molecular weight excluding hydrogens is 338 g/mol. The summed E-state index contributed by atoms with van der Waals surface area (Å²) in [4.78, 5) is 21.2. The number of carbonyl (C=O) groups is 1. The maximum atomic E-state index is 12.7. The standard InChI is InChI=1S/C18H21N3O3S/c1-18(2,3)13(9-22)19-17(24)10-6-7-11(23)15-14(10)20-16(21-15)12-5-4-8-25-12/h4-8,13,22-23H,9H2,1-3H3,(H,19,24)(H,20,21). The van der Waals surface area contributed by atoms with Gasteiger partial charge in [-0.2, -0.15) is 0 Å². The van der Waals surface area contributed by atoms with Gasteiger partial charge >= 0.3 is 0 Å². The van der Waals surface area contributed by atoms with E-state index in [9.17, 15) is 15.0 Å². The van der Waals surface area contributed by atoms with Crippen LogP contribution >= 0.6 is 11.3 Å². The number of amides is 1. The fourth-order valence-corrected chi connectivity index (χ4v) is 3.23. The van der Waals surface area contributed by atoms with Crippen molar-refractivity contribution in [3.05, 3.63) is 35.2 Å². The Labute approximate surface area is 149 Å². The van der Waals surface area contributed by atoms with Crippen LogP contribution in [0.25, 0.3) is 21.7 Å². The van der Waals surface area contributed by atoms with Crippen LogP contribution in [0.5, 0.6) is 5.75 Å². The van der Waals surface area contributed by atoms with Crippen molar-refractivity contribution >= 4 is 28.3 Å². The molecular formula is C18H21N3O3S. The molecule has 0 aliphatic heterocycles. The first-order valence-electron chi connectivity index (χ1n) is 7.98. The van der Waals surface area contributed by atoms with E-state index in [0.29, 0.717) is 22.4 Å². The quantitative estimate of drug-likeness (QED) is 0.575. The van der Waals surface area contributed by atoms with E-state index >= 15 is 0 Å². The van der Waals surface area contributed by atoms with E-state index in [1.165, 1.54) is 17.4 Å². The van der Waals surface area contributed by atoms with Crippen molar-refractivity contribution in [2.24, 2.45) is 5.41 Å². The number of aromatic amines is 1. The number of imidazole rings is 1. The molecule has 1 amide bonds. The third kappa shape index (κ3) is 3.38. The summed E-state index contributed by atoms with van der Waals surface area (Å²) in [5, 5.41) is 24.5. The Kier molecular flexibility index (Phi) is 4.53. The molecule has 6 nitrogen and oxygen atoms in total. The molecule has 4 N–H and O–H groups in total. The highest BCUT2D eigenvalue weighted by molar-refractivity contribution is 7.13. The fourth-order valence-electron chi connectivity index (χ4n) is 2.56. The molecule has 0 radical (unpaired) electrons.